The van der Waals surface area contributed by atoms with Gasteiger partial charge in [0.1, 0.15) is 0 Å². The van der Waals surface area contributed by atoms with E-state index < -0.39 is 0 Å². The summed E-state index contributed by atoms with van der Waals surface area (Å²) in [6.45, 7) is 6.30. The lowest BCUT2D eigenvalue weighted by molar-refractivity contribution is -0.116. The lowest BCUT2D eigenvalue weighted by Gasteiger charge is -2.11. The number of benzene rings is 2. The molecule has 0 heterocycles. The van der Waals surface area contributed by atoms with Gasteiger partial charge in [-0.1, -0.05) is 39.0 Å². The summed E-state index contributed by atoms with van der Waals surface area (Å²) in [5.74, 6) is 0.275. The number of carbonyl (C=O) groups is 2. The Morgan fingerprint density at radius 3 is 2.32 bits per heavy atom. The first-order chi connectivity index (χ1) is 12.0. The molecule has 4 heteroatoms. The fourth-order valence-corrected chi connectivity index (χ4v) is 2.52. The van der Waals surface area contributed by atoms with Gasteiger partial charge in [0.2, 0.25) is 5.91 Å². The molecular formula is C21H26N2O2. The van der Waals surface area contributed by atoms with Gasteiger partial charge in [0.25, 0.3) is 5.91 Å². The van der Waals surface area contributed by atoms with E-state index in [4.69, 9.17) is 0 Å². The molecule has 0 radical (unpaired) electrons. The standard InChI is InChI=1S/C21H26N2O2/c1-4-7-20(24)22-19-9-6-8-17(14-19)21(25)23-18-12-10-16(11-13-18)15(3)5-2/h6,8-15H,4-5,7H2,1-3H3,(H,22,24)(H,23,25). The Labute approximate surface area is 149 Å². The van der Waals surface area contributed by atoms with Crippen LogP contribution in [0.1, 0.15) is 61.9 Å². The highest BCUT2D eigenvalue weighted by Crippen LogP contribution is 2.21. The average Bonchev–Trinajstić information content (AvgIpc) is 2.62. The van der Waals surface area contributed by atoms with Gasteiger partial charge in [-0.3, -0.25) is 9.59 Å². The van der Waals surface area contributed by atoms with Crippen LogP contribution in [-0.2, 0) is 4.79 Å². The fourth-order valence-electron chi connectivity index (χ4n) is 2.52. The van der Waals surface area contributed by atoms with Crippen LogP contribution in [0.5, 0.6) is 0 Å². The molecule has 2 aromatic carbocycles. The Hall–Kier alpha value is -2.62. The minimum absolute atomic E-state index is 0.0410. The quantitative estimate of drug-likeness (QED) is 0.730. The van der Waals surface area contributed by atoms with Gasteiger partial charge in [0, 0.05) is 23.4 Å². The highest BCUT2D eigenvalue weighted by atomic mass is 16.2. The van der Waals surface area contributed by atoms with E-state index >= 15 is 0 Å². The molecule has 0 aliphatic heterocycles. The van der Waals surface area contributed by atoms with Gasteiger partial charge in [0.05, 0.1) is 0 Å². The third-order valence-corrected chi connectivity index (χ3v) is 4.24. The zero-order valence-electron chi connectivity index (χ0n) is 15.1. The first kappa shape index (κ1) is 18.7. The molecule has 2 N–H and O–H groups in total. The predicted molar refractivity (Wildman–Crippen MR) is 103 cm³/mol. The minimum Gasteiger partial charge on any atom is -0.326 e. The highest BCUT2D eigenvalue weighted by Gasteiger charge is 2.09. The average molecular weight is 338 g/mol. The van der Waals surface area contributed by atoms with Gasteiger partial charge in [-0.15, -0.1) is 0 Å². The number of hydrogen-bond donors (Lipinski definition) is 2. The molecule has 2 amide bonds. The van der Waals surface area contributed by atoms with E-state index in [9.17, 15) is 9.59 Å². The van der Waals surface area contributed by atoms with Crippen molar-refractivity contribution in [3.63, 3.8) is 0 Å². The van der Waals surface area contributed by atoms with Crippen LogP contribution < -0.4 is 10.6 Å². The molecular weight excluding hydrogens is 312 g/mol. The predicted octanol–water partition coefficient (Wildman–Crippen LogP) is 5.19. The maximum absolute atomic E-state index is 12.4. The maximum atomic E-state index is 12.4. The molecule has 1 atom stereocenters. The van der Waals surface area contributed by atoms with E-state index in [0.717, 1.165) is 18.5 Å². The summed E-state index contributed by atoms with van der Waals surface area (Å²) >= 11 is 0. The number of carbonyl (C=O) groups excluding carboxylic acids is 2. The van der Waals surface area contributed by atoms with Crippen LogP contribution in [0.4, 0.5) is 11.4 Å². The first-order valence-electron chi connectivity index (χ1n) is 8.84. The van der Waals surface area contributed by atoms with Gasteiger partial charge < -0.3 is 10.6 Å². The number of nitrogens with one attached hydrogen (secondary N) is 2. The summed E-state index contributed by atoms with van der Waals surface area (Å²) < 4.78 is 0. The summed E-state index contributed by atoms with van der Waals surface area (Å²) in [6.07, 6.45) is 2.35. The van der Waals surface area contributed by atoms with Crippen LogP contribution >= 0.6 is 0 Å². The number of hydrogen-bond acceptors (Lipinski definition) is 2. The molecule has 0 fully saturated rings. The van der Waals surface area contributed by atoms with Crippen molar-refractivity contribution in [3.05, 3.63) is 59.7 Å². The second kappa shape index (κ2) is 9.02. The summed E-state index contributed by atoms with van der Waals surface area (Å²) in [5.41, 5.74) is 3.18. The lowest BCUT2D eigenvalue weighted by atomic mass is 9.98. The Kier molecular flexibility index (Phi) is 6.75. The van der Waals surface area contributed by atoms with Crippen molar-refractivity contribution in [2.75, 3.05) is 10.6 Å². The second-order valence-corrected chi connectivity index (χ2v) is 6.26. The molecule has 0 saturated carbocycles. The fraction of sp³-hybridized carbons (Fsp3) is 0.333. The molecule has 1 unspecified atom stereocenters. The summed E-state index contributed by atoms with van der Waals surface area (Å²) in [7, 11) is 0. The van der Waals surface area contributed by atoms with E-state index in [0.29, 0.717) is 23.6 Å². The lowest BCUT2D eigenvalue weighted by Crippen LogP contribution is -2.14. The Bertz CT molecular complexity index is 723. The van der Waals surface area contributed by atoms with Crippen molar-refractivity contribution in [3.8, 4) is 0 Å². The molecule has 25 heavy (non-hydrogen) atoms. The van der Waals surface area contributed by atoms with Crippen LogP contribution in [0.15, 0.2) is 48.5 Å². The maximum Gasteiger partial charge on any atom is 0.255 e. The normalized spacial score (nSPS) is 11.6. The van der Waals surface area contributed by atoms with Crippen molar-refractivity contribution in [1.29, 1.82) is 0 Å². The van der Waals surface area contributed by atoms with Crippen molar-refractivity contribution in [2.24, 2.45) is 0 Å². The smallest absolute Gasteiger partial charge is 0.255 e. The number of amides is 2. The monoisotopic (exact) mass is 338 g/mol. The molecule has 0 spiro atoms. The Morgan fingerprint density at radius 2 is 1.68 bits per heavy atom. The van der Waals surface area contributed by atoms with E-state index in [1.807, 2.05) is 31.2 Å². The Morgan fingerprint density at radius 1 is 0.960 bits per heavy atom. The first-order valence-corrected chi connectivity index (χ1v) is 8.84. The van der Waals surface area contributed by atoms with Crippen LogP contribution in [0.25, 0.3) is 0 Å². The molecule has 0 saturated heterocycles. The topological polar surface area (TPSA) is 58.2 Å². The molecule has 2 rings (SSSR count). The van der Waals surface area contributed by atoms with Gasteiger partial charge in [0.15, 0.2) is 0 Å². The molecule has 0 aliphatic rings. The molecule has 0 aromatic heterocycles. The minimum atomic E-state index is -0.192. The van der Waals surface area contributed by atoms with Crippen LogP contribution in [0.2, 0.25) is 0 Å². The van der Waals surface area contributed by atoms with Gasteiger partial charge >= 0.3 is 0 Å². The van der Waals surface area contributed by atoms with Crippen LogP contribution in [0.3, 0.4) is 0 Å². The summed E-state index contributed by atoms with van der Waals surface area (Å²) in [4.78, 5) is 24.1. The molecule has 0 bridgehead atoms. The molecule has 2 aromatic rings. The molecule has 0 aliphatic carbocycles. The Balaban J connectivity index is 2.04. The number of rotatable bonds is 7. The van der Waals surface area contributed by atoms with E-state index in [1.165, 1.54) is 5.56 Å². The van der Waals surface area contributed by atoms with Crippen LogP contribution in [0, 0.1) is 0 Å². The van der Waals surface area contributed by atoms with Gasteiger partial charge in [-0.25, -0.2) is 0 Å². The zero-order chi connectivity index (χ0) is 18.2. The van der Waals surface area contributed by atoms with E-state index in [1.54, 1.807) is 24.3 Å². The number of anilines is 2. The van der Waals surface area contributed by atoms with Gasteiger partial charge in [-0.2, -0.15) is 0 Å². The van der Waals surface area contributed by atoms with E-state index in [2.05, 4.69) is 24.5 Å². The third kappa shape index (κ3) is 5.45. The summed E-state index contributed by atoms with van der Waals surface area (Å²) in [5, 5.41) is 5.71. The molecule has 4 nitrogen and oxygen atoms in total. The van der Waals surface area contributed by atoms with Crippen molar-refractivity contribution in [2.45, 2.75) is 46.0 Å². The third-order valence-electron chi connectivity index (χ3n) is 4.24. The summed E-state index contributed by atoms with van der Waals surface area (Å²) in [6, 6.07) is 14.9. The van der Waals surface area contributed by atoms with Crippen molar-refractivity contribution in [1.82, 2.24) is 0 Å². The molecule has 132 valence electrons. The zero-order valence-corrected chi connectivity index (χ0v) is 15.1. The van der Waals surface area contributed by atoms with Crippen molar-refractivity contribution < 1.29 is 9.59 Å². The van der Waals surface area contributed by atoms with E-state index in [-0.39, 0.29) is 11.8 Å². The van der Waals surface area contributed by atoms with Crippen molar-refractivity contribution >= 4 is 23.2 Å². The highest BCUT2D eigenvalue weighted by molar-refractivity contribution is 6.05. The largest absolute Gasteiger partial charge is 0.326 e. The van der Waals surface area contributed by atoms with Crippen LogP contribution in [-0.4, -0.2) is 11.8 Å². The van der Waals surface area contributed by atoms with Gasteiger partial charge in [-0.05, 0) is 54.7 Å². The second-order valence-electron chi connectivity index (χ2n) is 6.26. The SMILES string of the molecule is CCCC(=O)Nc1cccc(C(=O)Nc2ccc(C(C)CC)cc2)c1.